The maximum Gasteiger partial charge on any atom is 0.273 e. The third kappa shape index (κ3) is 3.41. The van der Waals surface area contributed by atoms with E-state index in [0.717, 1.165) is 43.1 Å². The van der Waals surface area contributed by atoms with E-state index in [4.69, 9.17) is 0 Å². The van der Waals surface area contributed by atoms with Crippen LogP contribution in [0.15, 0.2) is 66.9 Å². The smallest absolute Gasteiger partial charge is 0.273 e. The van der Waals surface area contributed by atoms with Crippen molar-refractivity contribution in [1.29, 1.82) is 0 Å². The molecule has 1 aromatic heterocycles. The molecule has 0 aliphatic carbocycles. The van der Waals surface area contributed by atoms with Gasteiger partial charge in [0, 0.05) is 24.7 Å². The van der Waals surface area contributed by atoms with Crippen molar-refractivity contribution in [3.8, 4) is 0 Å². The molecule has 4 rings (SSSR count). The maximum absolute atomic E-state index is 12.9. The first-order valence-corrected chi connectivity index (χ1v) is 8.98. The predicted octanol–water partition coefficient (Wildman–Crippen LogP) is 4.33. The van der Waals surface area contributed by atoms with Gasteiger partial charge in [-0.15, -0.1) is 0 Å². The number of hydrogen-bond donors (Lipinski definition) is 0. The van der Waals surface area contributed by atoms with Gasteiger partial charge in [-0.1, -0.05) is 54.6 Å². The minimum Gasteiger partial charge on any atom is -0.337 e. The molecule has 3 nitrogen and oxygen atoms in total. The molecule has 0 bridgehead atoms. The summed E-state index contributed by atoms with van der Waals surface area (Å²) in [7, 11) is 0. The molecule has 1 fully saturated rings. The number of likely N-dealkylation sites (tertiary alicyclic amines) is 1. The number of benzene rings is 2. The summed E-state index contributed by atoms with van der Waals surface area (Å²) in [4.78, 5) is 19.3. The summed E-state index contributed by atoms with van der Waals surface area (Å²) >= 11 is 0. The molecule has 0 N–H and O–H groups in total. The van der Waals surface area contributed by atoms with Crippen molar-refractivity contribution in [1.82, 2.24) is 9.88 Å². The number of fused-ring (bicyclic) bond motifs is 1. The molecule has 0 spiro atoms. The van der Waals surface area contributed by atoms with Crippen LogP contribution in [0, 0.1) is 5.92 Å². The van der Waals surface area contributed by atoms with E-state index in [-0.39, 0.29) is 5.91 Å². The van der Waals surface area contributed by atoms with Crippen molar-refractivity contribution in [2.75, 3.05) is 13.1 Å². The molecule has 1 aliphatic rings. The Kier molecular flexibility index (Phi) is 4.47. The van der Waals surface area contributed by atoms with Gasteiger partial charge < -0.3 is 4.90 Å². The van der Waals surface area contributed by atoms with Crippen LogP contribution in [-0.4, -0.2) is 28.9 Å². The number of piperidine rings is 1. The van der Waals surface area contributed by atoms with E-state index in [1.807, 2.05) is 35.2 Å². The molecule has 1 saturated heterocycles. The Morgan fingerprint density at radius 3 is 2.48 bits per heavy atom. The number of aromatic nitrogens is 1. The number of nitrogens with zero attached hydrogens (tertiary/aromatic N) is 2. The summed E-state index contributed by atoms with van der Waals surface area (Å²) < 4.78 is 0. The van der Waals surface area contributed by atoms with Crippen LogP contribution in [0.5, 0.6) is 0 Å². The Morgan fingerprint density at radius 2 is 1.68 bits per heavy atom. The zero-order valence-corrected chi connectivity index (χ0v) is 14.3. The molecule has 0 unspecified atom stereocenters. The van der Waals surface area contributed by atoms with E-state index >= 15 is 0 Å². The zero-order valence-electron chi connectivity index (χ0n) is 14.3. The molecule has 3 aromatic rings. The summed E-state index contributed by atoms with van der Waals surface area (Å²) in [6.45, 7) is 1.64. The average Bonchev–Trinajstić information content (AvgIpc) is 2.68. The minimum atomic E-state index is 0.0648. The van der Waals surface area contributed by atoms with Gasteiger partial charge in [0.1, 0.15) is 5.69 Å². The van der Waals surface area contributed by atoms with Gasteiger partial charge >= 0.3 is 0 Å². The van der Waals surface area contributed by atoms with E-state index in [9.17, 15) is 4.79 Å². The highest BCUT2D eigenvalue weighted by Crippen LogP contribution is 2.24. The lowest BCUT2D eigenvalue weighted by Crippen LogP contribution is -2.39. The van der Waals surface area contributed by atoms with Gasteiger partial charge in [0.2, 0.25) is 0 Å². The molecule has 1 amide bonds. The fourth-order valence-corrected chi connectivity index (χ4v) is 3.73. The lowest BCUT2D eigenvalue weighted by atomic mass is 9.90. The highest BCUT2D eigenvalue weighted by atomic mass is 16.2. The third-order valence-electron chi connectivity index (χ3n) is 5.15. The largest absolute Gasteiger partial charge is 0.337 e. The van der Waals surface area contributed by atoms with Gasteiger partial charge in [0.25, 0.3) is 5.91 Å². The Labute approximate surface area is 148 Å². The van der Waals surface area contributed by atoms with E-state index in [2.05, 4.69) is 35.3 Å². The molecule has 3 heteroatoms. The Bertz CT molecular complexity index is 862. The molecular formula is C22H22N2O. The van der Waals surface area contributed by atoms with Gasteiger partial charge in [-0.2, -0.15) is 0 Å². The number of pyridine rings is 1. The normalized spacial score (nSPS) is 15.4. The van der Waals surface area contributed by atoms with E-state index < -0.39 is 0 Å². The van der Waals surface area contributed by atoms with Crippen LogP contribution in [0.2, 0.25) is 0 Å². The summed E-state index contributed by atoms with van der Waals surface area (Å²) in [5.74, 6) is 0.724. The Morgan fingerprint density at radius 1 is 0.960 bits per heavy atom. The number of amides is 1. The van der Waals surface area contributed by atoms with Crippen LogP contribution in [0.25, 0.3) is 10.8 Å². The zero-order chi connectivity index (χ0) is 17.1. The van der Waals surface area contributed by atoms with Crippen molar-refractivity contribution in [2.45, 2.75) is 19.3 Å². The second-order valence-corrected chi connectivity index (χ2v) is 6.81. The standard InChI is InChI=1S/C22H22N2O/c25-22(21-20-9-5-4-8-19(20)10-13-23-21)24-14-11-18(12-15-24)16-17-6-2-1-3-7-17/h1-10,13,18H,11-12,14-16H2. The lowest BCUT2D eigenvalue weighted by Gasteiger charge is -2.32. The quantitative estimate of drug-likeness (QED) is 0.716. The Hall–Kier alpha value is -2.68. The van der Waals surface area contributed by atoms with Crippen molar-refractivity contribution < 1.29 is 4.79 Å². The van der Waals surface area contributed by atoms with Crippen LogP contribution in [0.1, 0.15) is 28.9 Å². The number of rotatable bonds is 3. The predicted molar refractivity (Wildman–Crippen MR) is 101 cm³/mol. The molecule has 0 atom stereocenters. The molecule has 126 valence electrons. The van der Waals surface area contributed by atoms with Crippen molar-refractivity contribution in [3.05, 3.63) is 78.1 Å². The van der Waals surface area contributed by atoms with Gasteiger partial charge in [-0.25, -0.2) is 0 Å². The number of hydrogen-bond acceptors (Lipinski definition) is 2. The van der Waals surface area contributed by atoms with Crippen molar-refractivity contribution in [3.63, 3.8) is 0 Å². The molecular weight excluding hydrogens is 308 g/mol. The SMILES string of the molecule is O=C(c1nccc2ccccc12)N1CCC(Cc2ccccc2)CC1. The fraction of sp³-hybridized carbons (Fsp3) is 0.273. The highest BCUT2D eigenvalue weighted by Gasteiger charge is 2.25. The molecule has 0 radical (unpaired) electrons. The summed E-state index contributed by atoms with van der Waals surface area (Å²) in [5, 5.41) is 2.02. The summed E-state index contributed by atoms with van der Waals surface area (Å²) in [5.41, 5.74) is 1.97. The van der Waals surface area contributed by atoms with Crippen molar-refractivity contribution in [2.24, 2.45) is 5.92 Å². The van der Waals surface area contributed by atoms with E-state index in [0.29, 0.717) is 11.6 Å². The first-order chi connectivity index (χ1) is 12.3. The first-order valence-electron chi connectivity index (χ1n) is 8.98. The first kappa shape index (κ1) is 15.8. The van der Waals surface area contributed by atoms with Gasteiger partial charge in [0.15, 0.2) is 0 Å². The maximum atomic E-state index is 12.9. The minimum absolute atomic E-state index is 0.0648. The van der Waals surface area contributed by atoms with Gasteiger partial charge in [-0.05, 0) is 42.2 Å². The lowest BCUT2D eigenvalue weighted by molar-refractivity contribution is 0.0687. The summed E-state index contributed by atoms with van der Waals surface area (Å²) in [6, 6.07) is 20.6. The topological polar surface area (TPSA) is 33.2 Å². The van der Waals surface area contributed by atoms with Gasteiger partial charge in [0.05, 0.1) is 0 Å². The summed E-state index contributed by atoms with van der Waals surface area (Å²) in [6.07, 6.45) is 4.96. The Balaban J connectivity index is 1.44. The fourth-order valence-electron chi connectivity index (χ4n) is 3.73. The van der Waals surface area contributed by atoms with Crippen LogP contribution in [-0.2, 0) is 6.42 Å². The van der Waals surface area contributed by atoms with Crippen LogP contribution in [0.3, 0.4) is 0 Å². The second-order valence-electron chi connectivity index (χ2n) is 6.81. The second kappa shape index (κ2) is 7.06. The van der Waals surface area contributed by atoms with E-state index in [1.165, 1.54) is 5.56 Å². The molecule has 0 saturated carbocycles. The van der Waals surface area contributed by atoms with Crippen LogP contribution >= 0.6 is 0 Å². The number of carbonyl (C=O) groups is 1. The molecule has 1 aliphatic heterocycles. The monoisotopic (exact) mass is 330 g/mol. The average molecular weight is 330 g/mol. The van der Waals surface area contributed by atoms with Crippen molar-refractivity contribution >= 4 is 16.7 Å². The van der Waals surface area contributed by atoms with Crippen LogP contribution in [0.4, 0.5) is 0 Å². The van der Waals surface area contributed by atoms with Gasteiger partial charge in [-0.3, -0.25) is 9.78 Å². The third-order valence-corrected chi connectivity index (χ3v) is 5.15. The molecule has 2 heterocycles. The molecule has 2 aromatic carbocycles. The highest BCUT2D eigenvalue weighted by molar-refractivity contribution is 6.05. The van der Waals surface area contributed by atoms with E-state index in [1.54, 1.807) is 6.20 Å². The molecule has 25 heavy (non-hydrogen) atoms. The van der Waals surface area contributed by atoms with Crippen LogP contribution < -0.4 is 0 Å². The number of carbonyl (C=O) groups excluding carboxylic acids is 1.